The molecule has 1 aromatic carbocycles. The minimum absolute atomic E-state index is 0.0626. The third kappa shape index (κ3) is 17.5. The summed E-state index contributed by atoms with van der Waals surface area (Å²) in [4.78, 5) is 65.1. The molecule has 12 nitrogen and oxygen atoms in total. The first-order valence-corrected chi connectivity index (χ1v) is 20.9. The fraction of sp³-hybridized carbons (Fsp3) is 0.636. The summed E-state index contributed by atoms with van der Waals surface area (Å²) in [7, 11) is 0. The Balaban J connectivity index is 2.06. The number of H-pyrrole nitrogens is 2. The van der Waals surface area contributed by atoms with E-state index in [1.807, 2.05) is 12.1 Å². The van der Waals surface area contributed by atoms with E-state index in [9.17, 15) is 19.2 Å². The van der Waals surface area contributed by atoms with Crippen molar-refractivity contribution < 1.29 is 9.59 Å². The normalized spacial score (nSPS) is 11.7. The minimum Gasteiger partial charge on any atom is -0.307 e. The van der Waals surface area contributed by atoms with Crippen molar-refractivity contribution in [3.8, 4) is 0 Å². The Bertz CT molecular complexity index is 1660. The highest BCUT2D eigenvalue weighted by molar-refractivity contribution is 6.01. The number of urea groups is 2. The number of aryl methyl sites for hydroxylation is 4. The monoisotopic (exact) mass is 775 g/mol. The summed E-state index contributed by atoms with van der Waals surface area (Å²) in [6.07, 6.45) is 12.3. The van der Waals surface area contributed by atoms with E-state index in [2.05, 4.69) is 96.6 Å². The zero-order valence-corrected chi connectivity index (χ0v) is 35.8. The van der Waals surface area contributed by atoms with Crippen LogP contribution in [0.15, 0.2) is 33.9 Å². The Hall–Kier alpha value is -4.48. The van der Waals surface area contributed by atoms with Gasteiger partial charge < -0.3 is 10.6 Å². The SMILES string of the molecule is Cc1cc(=O)[nH]c(NC(=O)Nc2cc(CCC(CCC(C)C)CCC(C)C)c(NC(=O)Nc3nc(C)cc(=O)[nH]3)cc2CCC(CCC(C)C)CCC(C)C)n1. The number of benzene rings is 1. The van der Waals surface area contributed by atoms with Gasteiger partial charge in [-0.15, -0.1) is 0 Å². The first-order valence-electron chi connectivity index (χ1n) is 20.9. The summed E-state index contributed by atoms with van der Waals surface area (Å²) in [5.41, 5.74) is 3.35. The molecular weight excluding hydrogens is 705 g/mol. The van der Waals surface area contributed by atoms with Crippen LogP contribution in [0.25, 0.3) is 0 Å². The fourth-order valence-electron chi connectivity index (χ4n) is 7.00. The van der Waals surface area contributed by atoms with Crippen LogP contribution in [-0.4, -0.2) is 32.0 Å². The molecule has 0 saturated carbocycles. The third-order valence-corrected chi connectivity index (χ3v) is 10.3. The second kappa shape index (κ2) is 22.9. The molecule has 0 aliphatic heterocycles. The van der Waals surface area contributed by atoms with Gasteiger partial charge in [0.2, 0.25) is 11.9 Å². The molecule has 4 amide bonds. The van der Waals surface area contributed by atoms with Crippen molar-refractivity contribution in [2.75, 3.05) is 21.3 Å². The quantitative estimate of drug-likeness (QED) is 0.0592. The van der Waals surface area contributed by atoms with Crippen molar-refractivity contribution in [1.82, 2.24) is 19.9 Å². The van der Waals surface area contributed by atoms with Crippen molar-refractivity contribution in [1.29, 1.82) is 0 Å². The average molecular weight is 775 g/mol. The van der Waals surface area contributed by atoms with E-state index in [1.54, 1.807) is 13.8 Å². The average Bonchev–Trinajstić information content (AvgIpc) is 3.07. The van der Waals surface area contributed by atoms with Crippen molar-refractivity contribution in [2.24, 2.45) is 35.5 Å². The molecule has 6 N–H and O–H groups in total. The van der Waals surface area contributed by atoms with Crippen LogP contribution >= 0.6 is 0 Å². The zero-order valence-electron chi connectivity index (χ0n) is 35.8. The first kappa shape index (κ1) is 45.9. The van der Waals surface area contributed by atoms with Gasteiger partial charge in [0, 0.05) is 34.9 Å². The van der Waals surface area contributed by atoms with E-state index in [1.165, 1.54) is 12.1 Å². The molecule has 0 aliphatic rings. The number of rotatable bonds is 22. The highest BCUT2D eigenvalue weighted by atomic mass is 16.2. The molecule has 0 radical (unpaired) electrons. The van der Waals surface area contributed by atoms with Crippen LogP contribution in [0.4, 0.5) is 32.9 Å². The van der Waals surface area contributed by atoms with Crippen molar-refractivity contribution in [3.63, 3.8) is 0 Å². The van der Waals surface area contributed by atoms with Crippen LogP contribution in [0.3, 0.4) is 0 Å². The number of carbonyl (C=O) groups is 2. The molecule has 3 rings (SSSR count). The maximum Gasteiger partial charge on any atom is 0.326 e. The summed E-state index contributed by atoms with van der Waals surface area (Å²) < 4.78 is 0. The molecule has 2 aromatic heterocycles. The second-order valence-corrected chi connectivity index (χ2v) is 17.5. The maximum absolute atomic E-state index is 13.5. The molecular formula is C44H70N8O4. The van der Waals surface area contributed by atoms with E-state index < -0.39 is 12.1 Å². The van der Waals surface area contributed by atoms with Crippen molar-refractivity contribution in [2.45, 2.75) is 146 Å². The number of aromatic amines is 2. The van der Waals surface area contributed by atoms with Crippen LogP contribution in [0.5, 0.6) is 0 Å². The minimum atomic E-state index is -0.526. The van der Waals surface area contributed by atoms with E-state index in [0.29, 0.717) is 71.1 Å². The van der Waals surface area contributed by atoms with Gasteiger partial charge in [0.25, 0.3) is 11.1 Å². The largest absolute Gasteiger partial charge is 0.326 e. The number of hydrogen-bond donors (Lipinski definition) is 6. The maximum atomic E-state index is 13.5. The van der Waals surface area contributed by atoms with Gasteiger partial charge in [0.15, 0.2) is 0 Å². The van der Waals surface area contributed by atoms with Gasteiger partial charge in [-0.3, -0.25) is 30.2 Å². The first-order chi connectivity index (χ1) is 26.4. The van der Waals surface area contributed by atoms with Crippen LogP contribution in [0.1, 0.15) is 142 Å². The summed E-state index contributed by atoms with van der Waals surface area (Å²) in [5.74, 6) is 3.57. The number of carbonyl (C=O) groups excluding carboxylic acids is 2. The Morgan fingerprint density at radius 1 is 0.500 bits per heavy atom. The predicted molar refractivity (Wildman–Crippen MR) is 231 cm³/mol. The van der Waals surface area contributed by atoms with Gasteiger partial charge in [-0.1, -0.05) is 107 Å². The van der Waals surface area contributed by atoms with Gasteiger partial charge in [-0.2, -0.15) is 0 Å². The highest BCUT2D eigenvalue weighted by Crippen LogP contribution is 2.33. The summed E-state index contributed by atoms with van der Waals surface area (Å²) in [5, 5.41) is 11.6. The van der Waals surface area contributed by atoms with E-state index in [4.69, 9.17) is 0 Å². The molecule has 310 valence electrons. The number of hydrogen-bond acceptors (Lipinski definition) is 6. The smallest absolute Gasteiger partial charge is 0.307 e. The molecule has 0 saturated heterocycles. The van der Waals surface area contributed by atoms with E-state index in [0.717, 1.165) is 75.3 Å². The van der Waals surface area contributed by atoms with Gasteiger partial charge in [0.05, 0.1) is 0 Å². The predicted octanol–water partition coefficient (Wildman–Crippen LogP) is 10.6. The number of amides is 4. The summed E-state index contributed by atoms with van der Waals surface area (Å²) in [6, 6.07) is 5.66. The van der Waals surface area contributed by atoms with Crippen molar-refractivity contribution >= 4 is 35.3 Å². The third-order valence-electron chi connectivity index (χ3n) is 10.3. The second-order valence-electron chi connectivity index (χ2n) is 17.5. The Labute approximate surface area is 334 Å². The number of aromatic nitrogens is 4. The van der Waals surface area contributed by atoms with E-state index >= 15 is 0 Å². The zero-order chi connectivity index (χ0) is 41.4. The lowest BCUT2D eigenvalue weighted by atomic mass is 9.85. The lowest BCUT2D eigenvalue weighted by molar-refractivity contribution is 0.261. The topological polar surface area (TPSA) is 174 Å². The molecule has 0 spiro atoms. The standard InChI is InChI=1S/C44H70N8O4/c1-27(2)11-15-33(16-12-28(3)4)19-21-35-25-38(48-44(56)52-42-46-32(10)24-40(54)50-42)36(22-20-34(17-13-29(5)6)18-14-30(7)8)26-37(35)47-43(55)51-41-45-31(9)23-39(53)49-41/h23-30,33-34H,11-22H2,1-10H3,(H3,45,47,49,51,53,55)(H3,46,48,50,52,54,56). The summed E-state index contributed by atoms with van der Waals surface area (Å²) >= 11 is 0. The molecule has 0 bridgehead atoms. The molecule has 0 unspecified atom stereocenters. The van der Waals surface area contributed by atoms with Gasteiger partial charge in [0.1, 0.15) is 0 Å². The Kier molecular flexibility index (Phi) is 18.8. The molecule has 0 fully saturated rings. The summed E-state index contributed by atoms with van der Waals surface area (Å²) in [6.45, 7) is 21.5. The van der Waals surface area contributed by atoms with Crippen LogP contribution < -0.4 is 32.4 Å². The molecule has 0 aliphatic carbocycles. The number of nitrogens with zero attached hydrogens (tertiary/aromatic N) is 2. The molecule has 12 heteroatoms. The fourth-order valence-corrected chi connectivity index (χ4v) is 7.00. The number of anilines is 4. The molecule has 2 heterocycles. The van der Waals surface area contributed by atoms with Gasteiger partial charge in [-0.25, -0.2) is 19.6 Å². The molecule has 0 atom stereocenters. The van der Waals surface area contributed by atoms with Crippen LogP contribution in [0, 0.1) is 49.4 Å². The number of nitrogens with one attached hydrogen (secondary N) is 6. The lowest BCUT2D eigenvalue weighted by Crippen LogP contribution is -2.25. The van der Waals surface area contributed by atoms with Crippen LogP contribution in [0.2, 0.25) is 0 Å². The Morgan fingerprint density at radius 3 is 1.11 bits per heavy atom. The lowest BCUT2D eigenvalue weighted by Gasteiger charge is -2.23. The molecule has 56 heavy (non-hydrogen) atoms. The van der Waals surface area contributed by atoms with Gasteiger partial charge >= 0.3 is 12.1 Å². The highest BCUT2D eigenvalue weighted by Gasteiger charge is 2.20. The van der Waals surface area contributed by atoms with Crippen LogP contribution in [-0.2, 0) is 12.8 Å². The van der Waals surface area contributed by atoms with E-state index in [-0.39, 0.29) is 23.0 Å². The molecule has 3 aromatic rings. The van der Waals surface area contributed by atoms with Gasteiger partial charge in [-0.05, 0) is 98.3 Å². The Morgan fingerprint density at radius 2 is 0.821 bits per heavy atom. The van der Waals surface area contributed by atoms with Crippen molar-refractivity contribution in [3.05, 3.63) is 67.5 Å².